The molecule has 0 aliphatic heterocycles. The number of ether oxygens (including phenoxy) is 1. The van der Waals surface area contributed by atoms with Crippen LogP contribution in [0.25, 0.3) is 11.3 Å². The minimum atomic E-state index is -0.414. The number of pyridine rings is 1. The highest BCUT2D eigenvalue weighted by Gasteiger charge is 2.17. The summed E-state index contributed by atoms with van der Waals surface area (Å²) in [5.74, 6) is 0.384. The Kier molecular flexibility index (Phi) is 4.29. The molecule has 6 heteroatoms. The summed E-state index contributed by atoms with van der Waals surface area (Å²) in [6.07, 6.45) is 3.16. The molecule has 0 saturated heterocycles. The summed E-state index contributed by atoms with van der Waals surface area (Å²) >= 11 is 0. The van der Waals surface area contributed by atoms with Crippen molar-refractivity contribution in [3.8, 4) is 11.3 Å². The van der Waals surface area contributed by atoms with Gasteiger partial charge in [0.1, 0.15) is 5.82 Å². The van der Waals surface area contributed by atoms with Gasteiger partial charge in [-0.1, -0.05) is 30.3 Å². The predicted molar refractivity (Wildman–Crippen MR) is 92.2 cm³/mol. The number of aryl methyl sites for hydroxylation is 1. The van der Waals surface area contributed by atoms with Crippen molar-refractivity contribution in [1.29, 1.82) is 0 Å². The molecule has 0 fully saturated rings. The van der Waals surface area contributed by atoms with E-state index in [4.69, 9.17) is 4.74 Å². The van der Waals surface area contributed by atoms with Crippen molar-refractivity contribution < 1.29 is 9.53 Å². The van der Waals surface area contributed by atoms with Crippen LogP contribution in [0, 0.1) is 6.92 Å². The number of hydrogen-bond acceptors (Lipinski definition) is 5. The highest BCUT2D eigenvalue weighted by Crippen LogP contribution is 2.30. The summed E-state index contributed by atoms with van der Waals surface area (Å²) in [6, 6.07) is 11.6. The van der Waals surface area contributed by atoms with Gasteiger partial charge >= 0.3 is 5.97 Å². The molecule has 6 nitrogen and oxygen atoms in total. The summed E-state index contributed by atoms with van der Waals surface area (Å²) in [4.78, 5) is 16.0. The van der Waals surface area contributed by atoms with Gasteiger partial charge in [0, 0.05) is 24.4 Å². The van der Waals surface area contributed by atoms with Crippen LogP contribution in [0.4, 0.5) is 11.5 Å². The van der Waals surface area contributed by atoms with Crippen LogP contribution in [-0.2, 0) is 11.8 Å². The van der Waals surface area contributed by atoms with E-state index in [2.05, 4.69) is 15.4 Å². The predicted octanol–water partition coefficient (Wildman–Crippen LogP) is 3.32. The molecule has 0 aliphatic carbocycles. The molecule has 24 heavy (non-hydrogen) atoms. The lowest BCUT2D eigenvalue weighted by Gasteiger charge is -2.11. The molecule has 2 heterocycles. The SMILES string of the molecule is COC(=O)c1ccncc1Nc1c(C)c(-c2ccccc2)nn1C. The van der Waals surface area contributed by atoms with Crippen LogP contribution in [0.15, 0.2) is 48.8 Å². The van der Waals surface area contributed by atoms with E-state index in [1.807, 2.05) is 44.3 Å². The molecule has 122 valence electrons. The summed E-state index contributed by atoms with van der Waals surface area (Å²) in [5, 5.41) is 7.84. The van der Waals surface area contributed by atoms with Crippen LogP contribution in [0.3, 0.4) is 0 Å². The first-order valence-corrected chi connectivity index (χ1v) is 7.50. The molecule has 3 rings (SSSR count). The second-order valence-corrected chi connectivity index (χ2v) is 5.35. The van der Waals surface area contributed by atoms with Gasteiger partial charge in [-0.3, -0.25) is 9.67 Å². The summed E-state index contributed by atoms with van der Waals surface area (Å²) in [7, 11) is 3.21. The topological polar surface area (TPSA) is 69.0 Å². The maximum Gasteiger partial charge on any atom is 0.340 e. The average molecular weight is 322 g/mol. The second-order valence-electron chi connectivity index (χ2n) is 5.35. The third-order valence-electron chi connectivity index (χ3n) is 3.81. The largest absolute Gasteiger partial charge is 0.465 e. The molecule has 2 aromatic heterocycles. The second kappa shape index (κ2) is 6.54. The highest BCUT2D eigenvalue weighted by atomic mass is 16.5. The molecule has 0 amide bonds. The van der Waals surface area contributed by atoms with Gasteiger partial charge in [0.05, 0.1) is 30.3 Å². The number of rotatable bonds is 4. The van der Waals surface area contributed by atoms with E-state index < -0.39 is 5.97 Å². The molecule has 0 saturated carbocycles. The van der Waals surface area contributed by atoms with Crippen LogP contribution in [0.5, 0.6) is 0 Å². The Morgan fingerprint density at radius 1 is 1.21 bits per heavy atom. The minimum absolute atomic E-state index is 0.414. The zero-order chi connectivity index (χ0) is 17.1. The van der Waals surface area contributed by atoms with Gasteiger partial charge in [0.25, 0.3) is 0 Å². The third kappa shape index (κ3) is 2.86. The van der Waals surface area contributed by atoms with Gasteiger partial charge in [0.2, 0.25) is 0 Å². The first kappa shape index (κ1) is 15.7. The lowest BCUT2D eigenvalue weighted by molar-refractivity contribution is 0.0602. The fraction of sp³-hybridized carbons (Fsp3) is 0.167. The Balaban J connectivity index is 2.01. The first-order chi connectivity index (χ1) is 11.6. The van der Waals surface area contributed by atoms with Gasteiger partial charge in [-0.15, -0.1) is 0 Å². The van der Waals surface area contributed by atoms with Gasteiger partial charge in [-0.25, -0.2) is 4.79 Å². The van der Waals surface area contributed by atoms with E-state index in [1.165, 1.54) is 7.11 Å². The van der Waals surface area contributed by atoms with E-state index in [9.17, 15) is 4.79 Å². The van der Waals surface area contributed by atoms with Crippen LogP contribution in [0.1, 0.15) is 15.9 Å². The van der Waals surface area contributed by atoms with E-state index in [-0.39, 0.29) is 0 Å². The number of nitrogens with zero attached hydrogens (tertiary/aromatic N) is 3. The fourth-order valence-electron chi connectivity index (χ4n) is 2.58. The number of aromatic nitrogens is 3. The van der Waals surface area contributed by atoms with Crippen molar-refractivity contribution in [3.63, 3.8) is 0 Å². The molecular weight excluding hydrogens is 304 g/mol. The number of benzene rings is 1. The van der Waals surface area contributed by atoms with Crippen molar-refractivity contribution in [2.75, 3.05) is 12.4 Å². The molecule has 0 radical (unpaired) electrons. The number of hydrogen-bond donors (Lipinski definition) is 1. The quantitative estimate of drug-likeness (QED) is 0.746. The smallest absolute Gasteiger partial charge is 0.340 e. The van der Waals surface area contributed by atoms with Crippen molar-refractivity contribution in [1.82, 2.24) is 14.8 Å². The minimum Gasteiger partial charge on any atom is -0.465 e. The molecule has 3 aromatic rings. The molecule has 0 unspecified atom stereocenters. The number of carbonyl (C=O) groups is 1. The normalized spacial score (nSPS) is 10.5. The zero-order valence-electron chi connectivity index (χ0n) is 13.8. The fourth-order valence-corrected chi connectivity index (χ4v) is 2.58. The Morgan fingerprint density at radius 2 is 1.96 bits per heavy atom. The zero-order valence-corrected chi connectivity index (χ0v) is 13.8. The van der Waals surface area contributed by atoms with Crippen LogP contribution in [-0.4, -0.2) is 27.8 Å². The molecular formula is C18H18N4O2. The number of esters is 1. The van der Waals surface area contributed by atoms with Gasteiger partial charge in [0.15, 0.2) is 0 Å². The van der Waals surface area contributed by atoms with Crippen molar-refractivity contribution in [2.45, 2.75) is 6.92 Å². The summed E-state index contributed by atoms with van der Waals surface area (Å²) in [6.45, 7) is 1.99. The number of methoxy groups -OCH3 is 1. The average Bonchev–Trinajstić information content (AvgIpc) is 2.90. The summed E-state index contributed by atoms with van der Waals surface area (Å²) in [5.41, 5.74) is 3.93. The maximum atomic E-state index is 11.9. The standard InChI is InChI=1S/C18H18N4O2/c1-12-16(13-7-5-4-6-8-13)21-22(2)17(12)20-15-11-19-10-9-14(15)18(23)24-3/h4-11,20H,1-3H3. The Hall–Kier alpha value is -3.15. The number of nitrogens with one attached hydrogen (secondary N) is 1. The van der Waals surface area contributed by atoms with Gasteiger partial charge in [-0.05, 0) is 13.0 Å². The van der Waals surface area contributed by atoms with Crippen LogP contribution >= 0.6 is 0 Å². The molecule has 0 spiro atoms. The Morgan fingerprint density at radius 3 is 2.67 bits per heavy atom. The third-order valence-corrected chi connectivity index (χ3v) is 3.81. The van der Waals surface area contributed by atoms with Crippen LogP contribution in [0.2, 0.25) is 0 Å². The molecule has 1 aromatic carbocycles. The van der Waals surface area contributed by atoms with E-state index >= 15 is 0 Å². The lowest BCUT2D eigenvalue weighted by Crippen LogP contribution is -2.08. The number of anilines is 2. The van der Waals surface area contributed by atoms with E-state index in [0.29, 0.717) is 11.3 Å². The molecule has 0 aliphatic rings. The summed E-state index contributed by atoms with van der Waals surface area (Å²) < 4.78 is 6.58. The van der Waals surface area contributed by atoms with Gasteiger partial charge < -0.3 is 10.1 Å². The van der Waals surface area contributed by atoms with Crippen molar-refractivity contribution >= 4 is 17.5 Å². The maximum absolute atomic E-state index is 11.9. The van der Waals surface area contributed by atoms with Crippen molar-refractivity contribution in [2.24, 2.45) is 7.05 Å². The lowest BCUT2D eigenvalue weighted by atomic mass is 10.1. The Bertz CT molecular complexity index is 872. The van der Waals surface area contributed by atoms with Crippen LogP contribution < -0.4 is 5.32 Å². The van der Waals surface area contributed by atoms with E-state index in [0.717, 1.165) is 22.6 Å². The molecule has 0 atom stereocenters. The van der Waals surface area contributed by atoms with E-state index in [1.54, 1.807) is 23.1 Å². The first-order valence-electron chi connectivity index (χ1n) is 7.50. The molecule has 1 N–H and O–H groups in total. The highest BCUT2D eigenvalue weighted by molar-refractivity contribution is 5.96. The number of carbonyl (C=O) groups excluding carboxylic acids is 1. The van der Waals surface area contributed by atoms with Crippen molar-refractivity contribution in [3.05, 3.63) is 59.9 Å². The Labute approximate surface area is 140 Å². The molecule has 0 bridgehead atoms. The monoisotopic (exact) mass is 322 g/mol. The van der Waals surface area contributed by atoms with Gasteiger partial charge in [-0.2, -0.15) is 5.10 Å².